The van der Waals surface area contributed by atoms with Crippen LogP contribution in [0.3, 0.4) is 0 Å². The molecule has 0 aromatic carbocycles. The highest BCUT2D eigenvalue weighted by Gasteiger charge is 2.43. The average Bonchev–Trinajstić information content (AvgIpc) is 2.89. The Morgan fingerprint density at radius 1 is 0.952 bits per heavy atom. The lowest BCUT2D eigenvalue weighted by Crippen LogP contribution is -2.42. The van der Waals surface area contributed by atoms with Crippen molar-refractivity contribution in [3.63, 3.8) is 0 Å². The molecule has 0 aromatic heterocycles. The summed E-state index contributed by atoms with van der Waals surface area (Å²) in [6, 6.07) is 0. The van der Waals surface area contributed by atoms with Crippen LogP contribution in [0.15, 0.2) is 0 Å². The molecule has 1 saturated carbocycles. The molecule has 3 aliphatic rings. The topological polar surface area (TPSA) is 6.48 Å². The second-order valence-electron chi connectivity index (χ2n) is 8.61. The highest BCUT2D eigenvalue weighted by Crippen LogP contribution is 2.39. The quantitative estimate of drug-likeness (QED) is 0.770. The number of fused-ring (bicyclic) bond motifs is 1. The Bertz CT molecular complexity index is 353. The van der Waals surface area contributed by atoms with Gasteiger partial charge in [0.1, 0.15) is 0 Å². The fraction of sp³-hybridized carbons (Fsp3) is 1.00. The molecule has 4 heteroatoms. The summed E-state index contributed by atoms with van der Waals surface area (Å²) < 4.78 is 26.4. The molecular weight excluding hydrogens is 270 g/mol. The molecule has 0 bridgehead atoms. The summed E-state index contributed by atoms with van der Waals surface area (Å²) >= 11 is 0. The summed E-state index contributed by atoms with van der Waals surface area (Å²) in [6.45, 7) is 12.8. The summed E-state index contributed by atoms with van der Waals surface area (Å²) in [5, 5.41) is 0. The molecule has 2 aliphatic heterocycles. The van der Waals surface area contributed by atoms with Gasteiger partial charge in [-0.3, -0.25) is 4.90 Å². The first-order chi connectivity index (χ1) is 9.73. The zero-order valence-electron chi connectivity index (χ0n) is 13.7. The molecule has 3 fully saturated rings. The maximum atomic E-state index is 13.2. The SMILES string of the molecule is CC(C)(C)N1C[C@H]2CN(CC3CCC(F)(F)CC3)C[C@H]2C1. The molecule has 0 aromatic rings. The number of alkyl halides is 2. The molecule has 2 heterocycles. The maximum absolute atomic E-state index is 13.2. The van der Waals surface area contributed by atoms with Crippen LogP contribution >= 0.6 is 0 Å². The van der Waals surface area contributed by atoms with Crippen LogP contribution in [0.25, 0.3) is 0 Å². The summed E-state index contributed by atoms with van der Waals surface area (Å²) in [7, 11) is 0. The molecule has 21 heavy (non-hydrogen) atoms. The van der Waals surface area contributed by atoms with Crippen molar-refractivity contribution in [3.8, 4) is 0 Å². The summed E-state index contributed by atoms with van der Waals surface area (Å²) in [6.07, 6.45) is 1.65. The Balaban J connectivity index is 1.46. The van der Waals surface area contributed by atoms with E-state index in [1.54, 1.807) is 0 Å². The van der Waals surface area contributed by atoms with E-state index in [-0.39, 0.29) is 18.4 Å². The van der Waals surface area contributed by atoms with Crippen molar-refractivity contribution >= 4 is 0 Å². The number of likely N-dealkylation sites (tertiary alicyclic amines) is 2. The smallest absolute Gasteiger partial charge is 0.248 e. The third kappa shape index (κ3) is 3.58. The van der Waals surface area contributed by atoms with Crippen molar-refractivity contribution in [2.75, 3.05) is 32.7 Å². The van der Waals surface area contributed by atoms with Crippen molar-refractivity contribution in [2.45, 2.75) is 57.9 Å². The van der Waals surface area contributed by atoms with E-state index in [1.165, 1.54) is 26.2 Å². The average molecular weight is 300 g/mol. The van der Waals surface area contributed by atoms with Crippen LogP contribution in [0.1, 0.15) is 46.5 Å². The van der Waals surface area contributed by atoms with Crippen LogP contribution in [-0.2, 0) is 0 Å². The van der Waals surface area contributed by atoms with Gasteiger partial charge in [0.2, 0.25) is 5.92 Å². The lowest BCUT2D eigenvalue weighted by Gasteiger charge is -2.34. The van der Waals surface area contributed by atoms with Crippen molar-refractivity contribution in [1.29, 1.82) is 0 Å². The van der Waals surface area contributed by atoms with Crippen molar-refractivity contribution in [3.05, 3.63) is 0 Å². The van der Waals surface area contributed by atoms with Gasteiger partial charge in [-0.2, -0.15) is 0 Å². The standard InChI is InChI=1S/C17H30F2N2/c1-16(2,3)21-11-14-9-20(10-15(14)12-21)8-13-4-6-17(18,19)7-5-13/h13-15H,4-12H2,1-3H3/t14-,15+. The second-order valence-corrected chi connectivity index (χ2v) is 8.61. The van der Waals surface area contributed by atoms with Crippen LogP contribution in [-0.4, -0.2) is 54.0 Å². The van der Waals surface area contributed by atoms with Gasteiger partial charge in [0.15, 0.2) is 0 Å². The highest BCUT2D eigenvalue weighted by molar-refractivity contribution is 4.97. The van der Waals surface area contributed by atoms with Crippen molar-refractivity contribution in [1.82, 2.24) is 9.80 Å². The maximum Gasteiger partial charge on any atom is 0.248 e. The molecule has 0 amide bonds. The Kier molecular flexibility index (Phi) is 4.07. The lowest BCUT2D eigenvalue weighted by molar-refractivity contribution is -0.0485. The predicted octanol–water partition coefficient (Wildman–Crippen LogP) is 3.47. The number of nitrogens with zero attached hydrogens (tertiary/aromatic N) is 2. The van der Waals surface area contributed by atoms with E-state index in [2.05, 4.69) is 30.6 Å². The van der Waals surface area contributed by atoms with Gasteiger partial charge in [-0.1, -0.05) is 0 Å². The van der Waals surface area contributed by atoms with Gasteiger partial charge in [-0.05, 0) is 51.4 Å². The van der Waals surface area contributed by atoms with Crippen molar-refractivity contribution in [2.24, 2.45) is 17.8 Å². The summed E-state index contributed by atoms with van der Waals surface area (Å²) in [5.41, 5.74) is 0.282. The van der Waals surface area contributed by atoms with E-state index in [1.807, 2.05) is 0 Å². The molecule has 0 unspecified atom stereocenters. The third-order valence-electron chi connectivity index (χ3n) is 5.86. The van der Waals surface area contributed by atoms with Gasteiger partial charge in [-0.25, -0.2) is 8.78 Å². The fourth-order valence-electron chi connectivity index (χ4n) is 4.43. The molecule has 3 rings (SSSR count). The Morgan fingerprint density at radius 3 is 1.95 bits per heavy atom. The molecule has 122 valence electrons. The van der Waals surface area contributed by atoms with Crippen LogP contribution in [0, 0.1) is 17.8 Å². The van der Waals surface area contributed by atoms with E-state index >= 15 is 0 Å². The van der Waals surface area contributed by atoms with E-state index in [0.717, 1.165) is 18.4 Å². The minimum atomic E-state index is -2.38. The molecule has 2 nitrogen and oxygen atoms in total. The predicted molar refractivity (Wildman–Crippen MR) is 81.7 cm³/mol. The molecular formula is C17H30F2N2. The van der Waals surface area contributed by atoms with Gasteiger partial charge >= 0.3 is 0 Å². The number of hydrogen-bond acceptors (Lipinski definition) is 2. The summed E-state index contributed by atoms with van der Waals surface area (Å²) in [5.74, 6) is -0.281. The Morgan fingerprint density at radius 2 is 1.48 bits per heavy atom. The lowest BCUT2D eigenvalue weighted by atomic mass is 9.86. The fourth-order valence-corrected chi connectivity index (χ4v) is 4.43. The molecule has 1 aliphatic carbocycles. The van der Waals surface area contributed by atoms with E-state index in [0.29, 0.717) is 18.8 Å². The Hall–Kier alpha value is -0.220. The number of hydrogen-bond donors (Lipinski definition) is 0. The minimum absolute atomic E-state index is 0.107. The zero-order chi connectivity index (χ0) is 15.3. The minimum Gasteiger partial charge on any atom is -0.302 e. The van der Waals surface area contributed by atoms with Gasteiger partial charge in [0, 0.05) is 51.1 Å². The van der Waals surface area contributed by atoms with Gasteiger partial charge in [-0.15, -0.1) is 0 Å². The van der Waals surface area contributed by atoms with Crippen LogP contribution in [0.4, 0.5) is 8.78 Å². The molecule has 0 radical (unpaired) electrons. The van der Waals surface area contributed by atoms with Gasteiger partial charge < -0.3 is 4.90 Å². The van der Waals surface area contributed by atoms with E-state index in [9.17, 15) is 8.78 Å². The summed E-state index contributed by atoms with van der Waals surface area (Å²) in [4.78, 5) is 5.17. The zero-order valence-corrected chi connectivity index (χ0v) is 13.7. The van der Waals surface area contributed by atoms with Crippen molar-refractivity contribution < 1.29 is 8.78 Å². The first kappa shape index (κ1) is 15.7. The molecule has 0 N–H and O–H groups in total. The largest absolute Gasteiger partial charge is 0.302 e. The first-order valence-corrected chi connectivity index (χ1v) is 8.58. The highest BCUT2D eigenvalue weighted by atomic mass is 19.3. The Labute approximate surface area is 127 Å². The first-order valence-electron chi connectivity index (χ1n) is 8.58. The van der Waals surface area contributed by atoms with E-state index < -0.39 is 5.92 Å². The van der Waals surface area contributed by atoms with Crippen LogP contribution in [0.2, 0.25) is 0 Å². The number of halogens is 2. The number of rotatable bonds is 2. The monoisotopic (exact) mass is 300 g/mol. The normalized spacial score (nSPS) is 35.3. The molecule has 2 saturated heterocycles. The molecule has 0 spiro atoms. The second kappa shape index (κ2) is 5.45. The van der Waals surface area contributed by atoms with Gasteiger partial charge in [0.25, 0.3) is 0 Å². The van der Waals surface area contributed by atoms with Crippen LogP contribution in [0.5, 0.6) is 0 Å². The third-order valence-corrected chi connectivity index (χ3v) is 5.86. The van der Waals surface area contributed by atoms with E-state index in [4.69, 9.17) is 0 Å². The molecule has 2 atom stereocenters. The van der Waals surface area contributed by atoms with Crippen LogP contribution < -0.4 is 0 Å². The van der Waals surface area contributed by atoms with Gasteiger partial charge in [0.05, 0.1) is 0 Å².